The Bertz CT molecular complexity index is 1170. The molecule has 0 radical (unpaired) electrons. The van der Waals surface area contributed by atoms with E-state index in [0.29, 0.717) is 12.1 Å². The summed E-state index contributed by atoms with van der Waals surface area (Å²) in [4.78, 5) is 15.7. The Morgan fingerprint density at radius 2 is 1.78 bits per heavy atom. The second-order valence-electron chi connectivity index (χ2n) is 9.38. The smallest absolute Gasteiger partial charge is 0.230 e. The fourth-order valence-corrected chi connectivity index (χ4v) is 5.38. The van der Waals surface area contributed by atoms with Crippen LogP contribution >= 0.6 is 0 Å². The SMILES string of the molecule is Cc1ccc(-c2cc([C@H]3[C@@H]4C=CCC[C@@]4(C)C(=O)N3Cc3ccccc3)ccc2F)cc1. The van der Waals surface area contributed by atoms with Gasteiger partial charge in [-0.05, 0) is 48.6 Å². The zero-order chi connectivity index (χ0) is 22.3. The summed E-state index contributed by atoms with van der Waals surface area (Å²) in [7, 11) is 0. The standard InChI is InChI=1S/C29H28FNO/c1-20-11-13-22(14-12-20)24-18-23(15-16-26(24)30)27-25-10-6-7-17-29(25,2)28(32)31(27)19-21-8-4-3-5-9-21/h3-6,8-16,18,25,27H,7,17,19H2,1-2H3/t25-,27-,29+/m0/s1. The average Bonchev–Trinajstić information content (AvgIpc) is 3.02. The van der Waals surface area contributed by atoms with Crippen molar-refractivity contribution in [2.75, 3.05) is 0 Å². The number of carbonyl (C=O) groups is 1. The molecule has 32 heavy (non-hydrogen) atoms. The maximum Gasteiger partial charge on any atom is 0.230 e. The number of nitrogens with zero attached hydrogens (tertiary/aromatic N) is 1. The van der Waals surface area contributed by atoms with Crippen molar-refractivity contribution < 1.29 is 9.18 Å². The summed E-state index contributed by atoms with van der Waals surface area (Å²) in [5.41, 5.74) is 4.26. The number of amides is 1. The van der Waals surface area contributed by atoms with Crippen molar-refractivity contribution in [3.63, 3.8) is 0 Å². The van der Waals surface area contributed by atoms with Gasteiger partial charge in [0.15, 0.2) is 0 Å². The number of halogens is 1. The largest absolute Gasteiger partial charge is 0.330 e. The van der Waals surface area contributed by atoms with Gasteiger partial charge in [0.25, 0.3) is 0 Å². The van der Waals surface area contributed by atoms with Gasteiger partial charge in [0, 0.05) is 18.0 Å². The highest BCUT2D eigenvalue weighted by Gasteiger charge is 2.55. The van der Waals surface area contributed by atoms with Crippen LogP contribution in [0.25, 0.3) is 11.1 Å². The van der Waals surface area contributed by atoms with Gasteiger partial charge in [-0.25, -0.2) is 4.39 Å². The van der Waals surface area contributed by atoms with E-state index in [2.05, 4.69) is 31.2 Å². The van der Waals surface area contributed by atoms with Gasteiger partial charge < -0.3 is 4.90 Å². The Balaban J connectivity index is 1.61. The van der Waals surface area contributed by atoms with Crippen molar-refractivity contribution >= 4 is 5.91 Å². The molecule has 0 bridgehead atoms. The molecule has 162 valence electrons. The second-order valence-corrected chi connectivity index (χ2v) is 9.38. The van der Waals surface area contributed by atoms with Gasteiger partial charge >= 0.3 is 0 Å². The van der Waals surface area contributed by atoms with Crippen molar-refractivity contribution in [3.8, 4) is 11.1 Å². The van der Waals surface area contributed by atoms with Crippen LogP contribution in [0, 0.1) is 24.1 Å². The minimum absolute atomic E-state index is 0.0730. The minimum atomic E-state index is -0.424. The first kappa shape index (κ1) is 20.7. The van der Waals surface area contributed by atoms with Gasteiger partial charge in [-0.3, -0.25) is 4.79 Å². The van der Waals surface area contributed by atoms with Crippen LogP contribution in [0.2, 0.25) is 0 Å². The van der Waals surface area contributed by atoms with Gasteiger partial charge in [0.2, 0.25) is 5.91 Å². The predicted molar refractivity (Wildman–Crippen MR) is 126 cm³/mol. The number of likely N-dealkylation sites (tertiary alicyclic amines) is 1. The van der Waals surface area contributed by atoms with Crippen LogP contribution < -0.4 is 0 Å². The third-order valence-corrected chi connectivity index (χ3v) is 7.23. The van der Waals surface area contributed by atoms with Gasteiger partial charge in [-0.15, -0.1) is 0 Å². The van der Waals surface area contributed by atoms with Crippen LogP contribution in [-0.2, 0) is 11.3 Å². The van der Waals surface area contributed by atoms with E-state index >= 15 is 0 Å². The fourth-order valence-electron chi connectivity index (χ4n) is 5.38. The highest BCUT2D eigenvalue weighted by Crippen LogP contribution is 2.54. The minimum Gasteiger partial charge on any atom is -0.330 e. The first-order valence-corrected chi connectivity index (χ1v) is 11.4. The van der Waals surface area contributed by atoms with Gasteiger partial charge in [-0.2, -0.15) is 0 Å². The highest BCUT2D eigenvalue weighted by molar-refractivity contribution is 5.87. The number of fused-ring (bicyclic) bond motifs is 1. The maximum atomic E-state index is 14.9. The lowest BCUT2D eigenvalue weighted by Gasteiger charge is -2.32. The monoisotopic (exact) mass is 425 g/mol. The molecule has 1 saturated heterocycles. The number of benzene rings is 3. The molecule has 0 aromatic heterocycles. The molecule has 3 aromatic carbocycles. The lowest BCUT2D eigenvalue weighted by Crippen LogP contribution is -2.34. The number of aryl methyl sites for hydroxylation is 1. The normalized spacial score (nSPS) is 24.6. The number of hydrogen-bond acceptors (Lipinski definition) is 1. The second kappa shape index (κ2) is 8.05. The van der Waals surface area contributed by atoms with E-state index in [0.717, 1.165) is 35.1 Å². The molecule has 1 aliphatic carbocycles. The third kappa shape index (κ3) is 3.46. The molecule has 0 saturated carbocycles. The van der Waals surface area contributed by atoms with Crippen LogP contribution in [0.15, 0.2) is 84.9 Å². The highest BCUT2D eigenvalue weighted by atomic mass is 19.1. The van der Waals surface area contributed by atoms with Gasteiger partial charge in [0.05, 0.1) is 11.5 Å². The van der Waals surface area contributed by atoms with Crippen LogP contribution in [0.4, 0.5) is 4.39 Å². The molecule has 1 fully saturated rings. The molecule has 3 heteroatoms. The fraction of sp³-hybridized carbons (Fsp3) is 0.276. The first-order chi connectivity index (χ1) is 15.5. The Labute approximate surface area is 189 Å². The summed E-state index contributed by atoms with van der Waals surface area (Å²) in [6.07, 6.45) is 6.18. The number of rotatable bonds is 4. The van der Waals surface area contributed by atoms with Crippen LogP contribution in [0.5, 0.6) is 0 Å². The van der Waals surface area contributed by atoms with E-state index in [1.165, 1.54) is 0 Å². The van der Waals surface area contributed by atoms with E-state index in [1.54, 1.807) is 6.07 Å². The molecule has 3 aromatic rings. The topological polar surface area (TPSA) is 20.3 Å². The Hall–Kier alpha value is -3.20. The predicted octanol–water partition coefficient (Wildman–Crippen LogP) is 6.86. The molecule has 0 N–H and O–H groups in total. The van der Waals surface area contributed by atoms with E-state index in [-0.39, 0.29) is 23.7 Å². The number of allylic oxidation sites excluding steroid dienone is 1. The molecule has 0 unspecified atom stereocenters. The molecule has 5 rings (SSSR count). The molecule has 0 spiro atoms. The van der Waals surface area contributed by atoms with Crippen LogP contribution in [0.3, 0.4) is 0 Å². The molecule has 1 amide bonds. The zero-order valence-electron chi connectivity index (χ0n) is 18.6. The molecule has 1 aliphatic heterocycles. The average molecular weight is 426 g/mol. The van der Waals surface area contributed by atoms with Gasteiger partial charge in [0.1, 0.15) is 5.82 Å². The quantitative estimate of drug-likeness (QED) is 0.418. The molecule has 2 nitrogen and oxygen atoms in total. The van der Waals surface area contributed by atoms with Gasteiger partial charge in [-0.1, -0.05) is 85.3 Å². The van der Waals surface area contributed by atoms with E-state index < -0.39 is 5.41 Å². The molecular formula is C29H28FNO. The Morgan fingerprint density at radius 1 is 1.03 bits per heavy atom. The number of carbonyl (C=O) groups excluding carboxylic acids is 1. The van der Waals surface area contributed by atoms with E-state index in [1.807, 2.05) is 66.4 Å². The Morgan fingerprint density at radius 3 is 2.53 bits per heavy atom. The summed E-state index contributed by atoms with van der Waals surface area (Å²) >= 11 is 0. The third-order valence-electron chi connectivity index (χ3n) is 7.23. The van der Waals surface area contributed by atoms with Crippen molar-refractivity contribution in [2.45, 2.75) is 39.3 Å². The van der Waals surface area contributed by atoms with E-state index in [4.69, 9.17) is 0 Å². The van der Waals surface area contributed by atoms with Crippen molar-refractivity contribution in [1.29, 1.82) is 0 Å². The molecule has 3 atom stereocenters. The summed E-state index contributed by atoms with van der Waals surface area (Å²) in [6.45, 7) is 4.69. The van der Waals surface area contributed by atoms with E-state index in [9.17, 15) is 9.18 Å². The molecule has 1 heterocycles. The maximum absolute atomic E-state index is 14.9. The Kier molecular flexibility index (Phi) is 5.21. The lowest BCUT2D eigenvalue weighted by atomic mass is 9.69. The molecule has 2 aliphatic rings. The summed E-state index contributed by atoms with van der Waals surface area (Å²) in [6, 6.07) is 23.3. The number of hydrogen-bond donors (Lipinski definition) is 0. The van der Waals surface area contributed by atoms with Crippen LogP contribution in [0.1, 0.15) is 42.5 Å². The zero-order valence-corrected chi connectivity index (χ0v) is 18.6. The first-order valence-electron chi connectivity index (χ1n) is 11.4. The lowest BCUT2D eigenvalue weighted by molar-refractivity contribution is -0.137. The van der Waals surface area contributed by atoms with Crippen molar-refractivity contribution in [1.82, 2.24) is 4.90 Å². The summed E-state index contributed by atoms with van der Waals surface area (Å²) in [5.74, 6) is 0.0317. The van der Waals surface area contributed by atoms with Crippen molar-refractivity contribution in [2.24, 2.45) is 11.3 Å². The molecular weight excluding hydrogens is 397 g/mol. The van der Waals surface area contributed by atoms with Crippen molar-refractivity contribution in [3.05, 3.63) is 107 Å². The summed E-state index contributed by atoms with van der Waals surface area (Å²) < 4.78 is 14.9. The summed E-state index contributed by atoms with van der Waals surface area (Å²) in [5, 5.41) is 0. The van der Waals surface area contributed by atoms with Crippen LogP contribution in [-0.4, -0.2) is 10.8 Å².